The minimum absolute atomic E-state index is 0.0490. The molecular weight excluding hydrogens is 715 g/mol. The van der Waals surface area contributed by atoms with Crippen LogP contribution in [0.1, 0.15) is 100 Å². The number of likely N-dealkylation sites (tertiary alicyclic amines) is 1. The van der Waals surface area contributed by atoms with Crippen molar-refractivity contribution in [3.05, 3.63) is 48.0 Å². The van der Waals surface area contributed by atoms with E-state index in [9.17, 15) is 48.7 Å². The predicted octanol–water partition coefficient (Wildman–Crippen LogP) is 0.400. The van der Waals surface area contributed by atoms with Crippen LogP contribution < -0.4 is 27.2 Å². The Labute approximate surface area is 319 Å². The zero-order chi connectivity index (χ0) is 40.3. The Morgan fingerprint density at radius 3 is 2.29 bits per heavy atom. The number of hydrogen-bond acceptors (Lipinski definition) is 12. The maximum Gasteiger partial charge on any atom is 0.475 e. The zero-order valence-corrected chi connectivity index (χ0v) is 31.1. The number of imidazole rings is 1. The van der Waals surface area contributed by atoms with Crippen LogP contribution in [0.25, 0.3) is 0 Å². The molecule has 1 aromatic carbocycles. The number of amides is 4. The Balaban J connectivity index is 1.27. The molecule has 1 aliphatic heterocycles. The van der Waals surface area contributed by atoms with Crippen molar-refractivity contribution in [2.24, 2.45) is 11.7 Å². The summed E-state index contributed by atoms with van der Waals surface area (Å²) in [6.07, 6.45) is 7.76. The van der Waals surface area contributed by atoms with Crippen molar-refractivity contribution in [3.8, 4) is 0 Å². The SMILES string of the molecule is C[C@@H](NC(=O)c1ccc(NNC(=O)CCCCC(=O)CCCCC[C@H](CC(=O)C(Cc2cnc[nH]2)NC(=O)CN)C(=O)O)cc1)C(=O)N1CCC[C@H]1B(O)O. The molecule has 2 heterocycles. The van der Waals surface area contributed by atoms with E-state index in [1.54, 1.807) is 12.1 Å². The molecule has 19 heteroatoms. The quantitative estimate of drug-likeness (QED) is 0.0376. The monoisotopic (exact) mass is 768 g/mol. The number of benzene rings is 1. The van der Waals surface area contributed by atoms with Gasteiger partial charge in [0.2, 0.25) is 17.7 Å². The van der Waals surface area contributed by atoms with E-state index in [4.69, 9.17) is 5.73 Å². The Kier molecular flexibility index (Phi) is 18.5. The summed E-state index contributed by atoms with van der Waals surface area (Å²) in [5.74, 6) is -4.78. The van der Waals surface area contributed by atoms with Crippen LogP contribution in [0.5, 0.6) is 0 Å². The second kappa shape index (κ2) is 22.9. The van der Waals surface area contributed by atoms with Crippen LogP contribution in [-0.2, 0) is 35.2 Å². The number of Topliss-reactive ketones (excluding diaryl/α,β-unsaturated/α-hetero) is 2. The molecular formula is C36H53BN8O10. The van der Waals surface area contributed by atoms with E-state index in [-0.39, 0.29) is 43.9 Å². The number of hydrazine groups is 1. The van der Waals surface area contributed by atoms with Crippen molar-refractivity contribution in [1.82, 2.24) is 30.9 Å². The lowest BCUT2D eigenvalue weighted by molar-refractivity contribution is -0.144. The molecule has 1 saturated heterocycles. The minimum Gasteiger partial charge on any atom is -0.481 e. The highest BCUT2D eigenvalue weighted by Crippen LogP contribution is 2.20. The van der Waals surface area contributed by atoms with Gasteiger partial charge in [-0.1, -0.05) is 12.8 Å². The number of ketones is 2. The molecule has 4 amide bonds. The maximum atomic E-state index is 12.9. The van der Waals surface area contributed by atoms with Crippen LogP contribution in [0, 0.1) is 5.92 Å². The highest BCUT2D eigenvalue weighted by Gasteiger charge is 2.38. The number of nitrogens with zero attached hydrogens (tertiary/aromatic N) is 2. The summed E-state index contributed by atoms with van der Waals surface area (Å²) in [4.78, 5) is 94.9. The number of nitrogens with one attached hydrogen (secondary N) is 5. The molecule has 1 unspecified atom stereocenters. The molecule has 18 nitrogen and oxygen atoms in total. The summed E-state index contributed by atoms with van der Waals surface area (Å²) in [6, 6.07) is 4.43. The van der Waals surface area contributed by atoms with E-state index in [1.807, 2.05) is 0 Å². The number of aromatic amines is 1. The van der Waals surface area contributed by atoms with Crippen LogP contribution in [0.15, 0.2) is 36.8 Å². The molecule has 1 fully saturated rings. The van der Waals surface area contributed by atoms with Gasteiger partial charge in [-0.2, -0.15) is 0 Å². The lowest BCUT2D eigenvalue weighted by Crippen LogP contribution is -2.52. The molecule has 1 aliphatic rings. The van der Waals surface area contributed by atoms with Crippen molar-refractivity contribution < 1.29 is 48.7 Å². The fraction of sp³-hybridized carbons (Fsp3) is 0.556. The summed E-state index contributed by atoms with van der Waals surface area (Å²) >= 11 is 0. The number of carboxylic acids is 1. The average Bonchev–Trinajstić information content (AvgIpc) is 3.87. The highest BCUT2D eigenvalue weighted by molar-refractivity contribution is 6.43. The molecule has 4 atom stereocenters. The van der Waals surface area contributed by atoms with Gasteiger partial charge in [-0.05, 0) is 69.7 Å². The number of aromatic nitrogens is 2. The lowest BCUT2D eigenvalue weighted by atomic mass is 9.78. The first-order valence-corrected chi connectivity index (χ1v) is 18.6. The van der Waals surface area contributed by atoms with E-state index >= 15 is 0 Å². The summed E-state index contributed by atoms with van der Waals surface area (Å²) in [7, 11) is -1.64. The van der Waals surface area contributed by atoms with Crippen LogP contribution in [-0.4, -0.2) is 109 Å². The molecule has 10 N–H and O–H groups in total. The number of rotatable bonds is 25. The Hall–Kier alpha value is -5.14. The molecule has 0 spiro atoms. The van der Waals surface area contributed by atoms with Gasteiger partial charge >= 0.3 is 13.1 Å². The summed E-state index contributed by atoms with van der Waals surface area (Å²) in [5, 5.41) is 33.9. The number of carboxylic acid groups (broad SMARTS) is 1. The van der Waals surface area contributed by atoms with Crippen LogP contribution >= 0.6 is 0 Å². The fourth-order valence-electron chi connectivity index (χ4n) is 6.31. The summed E-state index contributed by atoms with van der Waals surface area (Å²) < 4.78 is 0. The van der Waals surface area contributed by atoms with Crippen LogP contribution in [0.4, 0.5) is 5.69 Å². The Morgan fingerprint density at radius 2 is 1.65 bits per heavy atom. The first kappa shape index (κ1) is 44.3. The van der Waals surface area contributed by atoms with E-state index in [1.165, 1.54) is 36.5 Å². The third-order valence-corrected chi connectivity index (χ3v) is 9.44. The van der Waals surface area contributed by atoms with Crippen molar-refractivity contribution >= 4 is 54.0 Å². The summed E-state index contributed by atoms with van der Waals surface area (Å²) in [5.41, 5.74) is 12.1. The first-order chi connectivity index (χ1) is 26.3. The molecule has 0 saturated carbocycles. The second-order valence-corrected chi connectivity index (χ2v) is 13.8. The molecule has 3 rings (SSSR count). The molecule has 2 aromatic rings. The number of anilines is 1. The average molecular weight is 769 g/mol. The minimum atomic E-state index is -1.64. The predicted molar refractivity (Wildman–Crippen MR) is 201 cm³/mol. The van der Waals surface area contributed by atoms with Gasteiger partial charge in [0, 0.05) is 56.1 Å². The molecule has 0 bridgehead atoms. The second-order valence-electron chi connectivity index (χ2n) is 13.8. The van der Waals surface area contributed by atoms with Crippen molar-refractivity contribution in [1.29, 1.82) is 0 Å². The molecule has 55 heavy (non-hydrogen) atoms. The van der Waals surface area contributed by atoms with Crippen LogP contribution in [0.2, 0.25) is 0 Å². The summed E-state index contributed by atoms with van der Waals surface area (Å²) in [6.45, 7) is 1.61. The van der Waals surface area contributed by atoms with Gasteiger partial charge < -0.3 is 41.4 Å². The van der Waals surface area contributed by atoms with E-state index < -0.39 is 60.5 Å². The number of carbonyl (C=O) groups is 7. The van der Waals surface area contributed by atoms with Gasteiger partial charge in [0.25, 0.3) is 5.91 Å². The zero-order valence-electron chi connectivity index (χ0n) is 31.1. The molecule has 0 radical (unpaired) electrons. The number of nitrogens with two attached hydrogens (primary N) is 1. The first-order valence-electron chi connectivity index (χ1n) is 18.6. The highest BCUT2D eigenvalue weighted by atomic mass is 16.4. The van der Waals surface area contributed by atoms with E-state index in [0.717, 1.165) is 0 Å². The third kappa shape index (κ3) is 15.3. The van der Waals surface area contributed by atoms with Crippen molar-refractivity contribution in [3.63, 3.8) is 0 Å². The van der Waals surface area contributed by atoms with Gasteiger partial charge in [0.05, 0.1) is 36.5 Å². The smallest absolute Gasteiger partial charge is 0.475 e. The van der Waals surface area contributed by atoms with Gasteiger partial charge in [-0.15, -0.1) is 0 Å². The van der Waals surface area contributed by atoms with Crippen molar-refractivity contribution in [2.45, 2.75) is 108 Å². The Bertz CT molecular complexity index is 1590. The lowest BCUT2D eigenvalue weighted by Gasteiger charge is -2.27. The standard InChI is InChI=1S/C36H53BN8O10/c1-23(35(51)45-17-7-11-31(45)37(54)55)41-34(50)24-13-15-26(16-14-24)43-44-32(48)12-6-5-10-28(46)9-4-2-3-8-25(36(52)53)18-30(47)29(42-33(49)20-38)19-27-21-39-22-40-27/h13-16,21-23,25,29,31,43,54-55H,2-12,17-20,38H2,1H3,(H,39,40)(H,41,50)(H,42,49)(H,44,48)(H,52,53)/t23-,25-,29?,31+/m1/s1. The van der Waals surface area contributed by atoms with Crippen molar-refractivity contribution in [2.75, 3.05) is 18.5 Å². The van der Waals surface area contributed by atoms with Gasteiger partial charge in [0.15, 0.2) is 5.78 Å². The largest absolute Gasteiger partial charge is 0.481 e. The third-order valence-electron chi connectivity index (χ3n) is 9.44. The molecule has 0 aliphatic carbocycles. The fourth-order valence-corrected chi connectivity index (χ4v) is 6.31. The van der Waals surface area contributed by atoms with Crippen LogP contribution in [0.3, 0.4) is 0 Å². The number of carbonyl (C=O) groups excluding carboxylic acids is 6. The van der Waals surface area contributed by atoms with E-state index in [0.29, 0.717) is 81.3 Å². The normalized spacial score (nSPS) is 15.3. The number of H-pyrrole nitrogens is 1. The number of hydrogen-bond donors (Lipinski definition) is 9. The molecule has 1 aromatic heterocycles. The van der Waals surface area contributed by atoms with Gasteiger partial charge in [-0.25, -0.2) is 4.98 Å². The van der Waals surface area contributed by atoms with Gasteiger partial charge in [-0.3, -0.25) is 44.4 Å². The molecule has 300 valence electrons. The Morgan fingerprint density at radius 1 is 0.964 bits per heavy atom. The maximum absolute atomic E-state index is 12.9. The van der Waals surface area contributed by atoms with Gasteiger partial charge in [0.1, 0.15) is 11.8 Å². The number of aliphatic carboxylic acids is 1. The topological polar surface area (TPSA) is 286 Å². The number of unbranched alkanes of at least 4 members (excludes halogenated alkanes) is 3. The van der Waals surface area contributed by atoms with E-state index in [2.05, 4.69) is 31.5 Å².